The van der Waals surface area contributed by atoms with Crippen molar-refractivity contribution in [2.45, 2.75) is 39.0 Å². The third kappa shape index (κ3) is 4.32. The molecule has 1 aliphatic rings. The number of hydrogen-bond donors (Lipinski definition) is 1. The van der Waals surface area contributed by atoms with Crippen molar-refractivity contribution in [1.82, 2.24) is 4.90 Å². The van der Waals surface area contributed by atoms with Gasteiger partial charge in [-0.3, -0.25) is 4.79 Å². The van der Waals surface area contributed by atoms with Crippen LogP contribution in [-0.2, 0) is 4.79 Å². The van der Waals surface area contributed by atoms with Crippen molar-refractivity contribution >= 4 is 11.6 Å². The van der Waals surface area contributed by atoms with Gasteiger partial charge in [0.1, 0.15) is 0 Å². The Hall–Kier alpha value is -1.86. The van der Waals surface area contributed by atoms with E-state index in [4.69, 9.17) is 5.26 Å². The lowest BCUT2D eigenvalue weighted by molar-refractivity contribution is -0.121. The van der Waals surface area contributed by atoms with Gasteiger partial charge in [-0.2, -0.15) is 5.26 Å². The minimum absolute atomic E-state index is 0.0820. The van der Waals surface area contributed by atoms with Gasteiger partial charge in [-0.05, 0) is 43.5 Å². The van der Waals surface area contributed by atoms with E-state index in [9.17, 15) is 4.79 Å². The number of para-hydroxylation sites is 1. The second-order valence-corrected chi connectivity index (χ2v) is 6.26. The number of likely N-dealkylation sites (tertiary alicyclic amines) is 1. The molecule has 0 unspecified atom stereocenters. The minimum Gasteiger partial charge on any atom is -0.326 e. The van der Waals surface area contributed by atoms with Crippen LogP contribution in [0.1, 0.15) is 44.6 Å². The maximum absolute atomic E-state index is 12.5. The molecule has 1 heterocycles. The highest BCUT2D eigenvalue weighted by atomic mass is 16.1. The normalized spacial score (nSPS) is 16.5. The maximum atomic E-state index is 12.5. The van der Waals surface area contributed by atoms with Crippen molar-refractivity contribution < 1.29 is 4.79 Å². The van der Waals surface area contributed by atoms with E-state index in [2.05, 4.69) is 36.2 Å². The quantitative estimate of drug-likeness (QED) is 0.907. The van der Waals surface area contributed by atoms with Gasteiger partial charge in [0.2, 0.25) is 5.91 Å². The van der Waals surface area contributed by atoms with Crippen molar-refractivity contribution in [3.63, 3.8) is 0 Å². The summed E-state index contributed by atoms with van der Waals surface area (Å²) in [4.78, 5) is 14.8. The average molecular weight is 299 g/mol. The number of amides is 1. The van der Waals surface area contributed by atoms with E-state index in [1.807, 2.05) is 18.2 Å². The van der Waals surface area contributed by atoms with Crippen LogP contribution in [0.3, 0.4) is 0 Å². The molecule has 1 aliphatic heterocycles. The lowest BCUT2D eigenvalue weighted by Crippen LogP contribution is -2.38. The van der Waals surface area contributed by atoms with Crippen molar-refractivity contribution in [1.29, 1.82) is 5.26 Å². The molecule has 0 spiro atoms. The van der Waals surface area contributed by atoms with Gasteiger partial charge in [0.15, 0.2) is 0 Å². The van der Waals surface area contributed by atoms with Crippen LogP contribution in [0.4, 0.5) is 5.69 Å². The first-order valence-electron chi connectivity index (χ1n) is 8.11. The number of nitrogens with one attached hydrogen (secondary N) is 1. The monoisotopic (exact) mass is 299 g/mol. The molecule has 22 heavy (non-hydrogen) atoms. The van der Waals surface area contributed by atoms with Crippen molar-refractivity contribution in [3.05, 3.63) is 29.8 Å². The molecular weight excluding hydrogens is 274 g/mol. The third-order valence-corrected chi connectivity index (χ3v) is 4.34. The van der Waals surface area contributed by atoms with Gasteiger partial charge >= 0.3 is 0 Å². The van der Waals surface area contributed by atoms with Crippen molar-refractivity contribution in [2.75, 3.05) is 25.0 Å². The largest absolute Gasteiger partial charge is 0.326 e. The Balaban J connectivity index is 1.90. The summed E-state index contributed by atoms with van der Waals surface area (Å²) in [6, 6.07) is 10.2. The smallest absolute Gasteiger partial charge is 0.227 e. The van der Waals surface area contributed by atoms with Crippen LogP contribution in [0.5, 0.6) is 0 Å². The zero-order valence-corrected chi connectivity index (χ0v) is 13.5. The second kappa shape index (κ2) is 7.95. The van der Waals surface area contributed by atoms with Crippen LogP contribution >= 0.6 is 0 Å². The van der Waals surface area contributed by atoms with E-state index >= 15 is 0 Å². The summed E-state index contributed by atoms with van der Waals surface area (Å²) in [6.45, 7) is 6.91. The van der Waals surface area contributed by atoms with E-state index < -0.39 is 0 Å². The number of carbonyl (C=O) groups excluding carboxylic acids is 1. The van der Waals surface area contributed by atoms with Crippen LogP contribution in [0.25, 0.3) is 0 Å². The number of anilines is 1. The van der Waals surface area contributed by atoms with E-state index in [0.717, 1.165) is 38.2 Å². The van der Waals surface area contributed by atoms with Gasteiger partial charge in [0.25, 0.3) is 0 Å². The van der Waals surface area contributed by atoms with Gasteiger partial charge in [-0.1, -0.05) is 32.0 Å². The fourth-order valence-corrected chi connectivity index (χ4v) is 2.98. The first-order valence-corrected chi connectivity index (χ1v) is 8.11. The molecule has 118 valence electrons. The van der Waals surface area contributed by atoms with Crippen LogP contribution in [0.15, 0.2) is 24.3 Å². The number of rotatable bonds is 5. The molecule has 0 radical (unpaired) electrons. The Morgan fingerprint density at radius 3 is 2.68 bits per heavy atom. The highest BCUT2D eigenvalue weighted by Gasteiger charge is 2.25. The lowest BCUT2D eigenvalue weighted by atomic mass is 9.95. The van der Waals surface area contributed by atoms with Crippen LogP contribution < -0.4 is 5.32 Å². The molecule has 0 bridgehead atoms. The molecule has 0 aliphatic carbocycles. The van der Waals surface area contributed by atoms with Crippen molar-refractivity contribution in [3.8, 4) is 6.07 Å². The summed E-state index contributed by atoms with van der Waals surface area (Å²) >= 11 is 0. The van der Waals surface area contributed by atoms with Crippen LogP contribution in [-0.4, -0.2) is 30.4 Å². The lowest BCUT2D eigenvalue weighted by Gasteiger charge is -2.30. The van der Waals surface area contributed by atoms with Gasteiger partial charge in [-0.25, -0.2) is 0 Å². The number of hydrogen-bond acceptors (Lipinski definition) is 3. The number of benzene rings is 1. The zero-order chi connectivity index (χ0) is 15.9. The Labute approximate surface area is 133 Å². The van der Waals surface area contributed by atoms with Gasteiger partial charge in [0, 0.05) is 24.6 Å². The fraction of sp³-hybridized carbons (Fsp3) is 0.556. The summed E-state index contributed by atoms with van der Waals surface area (Å²) in [7, 11) is 0. The number of carbonyl (C=O) groups is 1. The first kappa shape index (κ1) is 16.5. The van der Waals surface area contributed by atoms with Crippen LogP contribution in [0, 0.1) is 17.2 Å². The summed E-state index contributed by atoms with van der Waals surface area (Å²) < 4.78 is 0. The van der Waals surface area contributed by atoms with E-state index in [1.165, 1.54) is 5.56 Å². The maximum Gasteiger partial charge on any atom is 0.227 e. The SMILES string of the molecule is CC(C)c1ccccc1NC(=O)C1CCN(CCC#N)CC1. The summed E-state index contributed by atoms with van der Waals surface area (Å²) in [5.41, 5.74) is 2.12. The first-order chi connectivity index (χ1) is 10.6. The molecule has 2 rings (SSSR count). The molecule has 1 fully saturated rings. The Morgan fingerprint density at radius 2 is 2.05 bits per heavy atom. The fourth-order valence-electron chi connectivity index (χ4n) is 2.98. The number of nitriles is 1. The van der Waals surface area contributed by atoms with Gasteiger partial charge in [-0.15, -0.1) is 0 Å². The van der Waals surface area contributed by atoms with E-state index in [-0.39, 0.29) is 11.8 Å². The molecule has 1 aromatic carbocycles. The van der Waals surface area contributed by atoms with Crippen LogP contribution in [0.2, 0.25) is 0 Å². The molecule has 4 nitrogen and oxygen atoms in total. The number of nitrogens with zero attached hydrogens (tertiary/aromatic N) is 2. The molecular formula is C18H25N3O. The molecule has 0 atom stereocenters. The molecule has 1 N–H and O–H groups in total. The molecule has 0 aromatic heterocycles. The molecule has 1 saturated heterocycles. The Morgan fingerprint density at radius 1 is 1.36 bits per heavy atom. The standard InChI is InChI=1S/C18H25N3O/c1-14(2)16-6-3-4-7-17(16)20-18(22)15-8-12-21(13-9-15)11-5-10-19/h3-4,6-7,14-15H,5,8-9,11-13H2,1-2H3,(H,20,22). The van der Waals surface area contributed by atoms with Gasteiger partial charge < -0.3 is 10.2 Å². The van der Waals surface area contributed by atoms with Crippen molar-refractivity contribution in [2.24, 2.45) is 5.92 Å². The minimum atomic E-state index is 0.0820. The van der Waals surface area contributed by atoms with E-state index in [1.54, 1.807) is 0 Å². The molecule has 1 amide bonds. The molecule has 0 saturated carbocycles. The summed E-state index contributed by atoms with van der Waals surface area (Å²) in [5.74, 6) is 0.607. The topological polar surface area (TPSA) is 56.1 Å². The Bertz CT molecular complexity index is 540. The summed E-state index contributed by atoms with van der Waals surface area (Å²) in [6.07, 6.45) is 2.32. The van der Waals surface area contributed by atoms with E-state index in [0.29, 0.717) is 12.3 Å². The predicted molar refractivity (Wildman–Crippen MR) is 88.6 cm³/mol. The number of piperidine rings is 1. The molecule has 1 aromatic rings. The highest BCUT2D eigenvalue weighted by molar-refractivity contribution is 5.93. The van der Waals surface area contributed by atoms with Gasteiger partial charge in [0.05, 0.1) is 6.07 Å². The predicted octanol–water partition coefficient (Wildman–Crippen LogP) is 3.37. The second-order valence-electron chi connectivity index (χ2n) is 6.26. The third-order valence-electron chi connectivity index (χ3n) is 4.34. The average Bonchev–Trinajstić information content (AvgIpc) is 2.53. The summed E-state index contributed by atoms with van der Waals surface area (Å²) in [5, 5.41) is 11.7. The highest BCUT2D eigenvalue weighted by Crippen LogP contribution is 2.25. The zero-order valence-electron chi connectivity index (χ0n) is 13.5. The molecule has 4 heteroatoms. The Kier molecular flexibility index (Phi) is 5.97.